The molecule has 0 N–H and O–H groups in total. The molecular weight excluding hydrogens is 302 g/mol. The summed E-state index contributed by atoms with van der Waals surface area (Å²) in [7, 11) is 0. The summed E-state index contributed by atoms with van der Waals surface area (Å²) >= 11 is 5.84. The highest BCUT2D eigenvalue weighted by molar-refractivity contribution is 6.30. The van der Waals surface area contributed by atoms with E-state index in [4.69, 9.17) is 21.1 Å². The molecule has 1 aliphatic heterocycles. The van der Waals surface area contributed by atoms with Gasteiger partial charge in [-0.25, -0.2) is 0 Å². The van der Waals surface area contributed by atoms with Crippen LogP contribution in [0.5, 0.6) is 5.75 Å². The number of benzene rings is 2. The van der Waals surface area contributed by atoms with E-state index in [1.165, 1.54) is 0 Å². The third-order valence-corrected chi connectivity index (χ3v) is 3.70. The molecule has 1 saturated heterocycles. The highest BCUT2D eigenvalue weighted by atomic mass is 35.5. The van der Waals surface area contributed by atoms with E-state index >= 15 is 0 Å². The summed E-state index contributed by atoms with van der Waals surface area (Å²) < 4.78 is 11.2. The molecule has 0 saturated carbocycles. The fourth-order valence-corrected chi connectivity index (χ4v) is 2.43. The van der Waals surface area contributed by atoms with Gasteiger partial charge < -0.3 is 14.4 Å². The van der Waals surface area contributed by atoms with Gasteiger partial charge in [-0.05, 0) is 36.4 Å². The van der Waals surface area contributed by atoms with Crippen molar-refractivity contribution in [1.82, 2.24) is 0 Å². The van der Waals surface area contributed by atoms with Gasteiger partial charge in [-0.3, -0.25) is 4.79 Å². The van der Waals surface area contributed by atoms with Crippen molar-refractivity contribution >= 4 is 23.2 Å². The SMILES string of the molecule is O=C1COC(COc2ccc(Cl)cc2)CN1c1ccccc1. The van der Waals surface area contributed by atoms with E-state index in [9.17, 15) is 4.79 Å². The van der Waals surface area contributed by atoms with Gasteiger partial charge in [0.25, 0.3) is 5.91 Å². The topological polar surface area (TPSA) is 38.8 Å². The highest BCUT2D eigenvalue weighted by Gasteiger charge is 2.27. The second-order valence-corrected chi connectivity index (χ2v) is 5.47. The maximum atomic E-state index is 12.0. The van der Waals surface area contributed by atoms with Gasteiger partial charge in [0, 0.05) is 10.7 Å². The van der Waals surface area contributed by atoms with Crippen molar-refractivity contribution in [1.29, 1.82) is 0 Å². The first kappa shape index (κ1) is 14.9. The van der Waals surface area contributed by atoms with Crippen molar-refractivity contribution in [3.63, 3.8) is 0 Å². The van der Waals surface area contributed by atoms with Gasteiger partial charge in [-0.15, -0.1) is 0 Å². The summed E-state index contributed by atoms with van der Waals surface area (Å²) in [5, 5.41) is 0.669. The molecule has 1 atom stereocenters. The Labute approximate surface area is 134 Å². The number of carbonyl (C=O) groups excluding carboxylic acids is 1. The number of para-hydroxylation sites is 1. The van der Waals surface area contributed by atoms with Crippen molar-refractivity contribution in [2.75, 3.05) is 24.7 Å². The average Bonchev–Trinajstić information content (AvgIpc) is 2.56. The maximum absolute atomic E-state index is 12.0. The Morgan fingerprint density at radius 3 is 2.59 bits per heavy atom. The lowest BCUT2D eigenvalue weighted by atomic mass is 10.2. The number of rotatable bonds is 4. The minimum Gasteiger partial charge on any atom is -0.491 e. The standard InChI is InChI=1S/C17H16ClNO3/c18-13-6-8-15(9-7-13)21-11-16-10-19(17(20)12-22-16)14-4-2-1-3-5-14/h1-9,16H,10-12H2. The Morgan fingerprint density at radius 2 is 1.86 bits per heavy atom. The number of hydrogen-bond acceptors (Lipinski definition) is 3. The largest absolute Gasteiger partial charge is 0.491 e. The lowest BCUT2D eigenvalue weighted by molar-refractivity contribution is -0.130. The first-order chi connectivity index (χ1) is 10.7. The van der Waals surface area contributed by atoms with Crippen molar-refractivity contribution in [2.24, 2.45) is 0 Å². The number of hydrogen-bond donors (Lipinski definition) is 0. The summed E-state index contributed by atoms with van der Waals surface area (Å²) in [6.45, 7) is 0.943. The Kier molecular flexibility index (Phi) is 4.61. The van der Waals surface area contributed by atoms with Gasteiger partial charge in [-0.2, -0.15) is 0 Å². The van der Waals surface area contributed by atoms with E-state index in [0.29, 0.717) is 18.2 Å². The lowest BCUT2D eigenvalue weighted by Crippen LogP contribution is -2.48. The fourth-order valence-electron chi connectivity index (χ4n) is 2.30. The van der Waals surface area contributed by atoms with Crippen molar-refractivity contribution in [3.8, 4) is 5.75 Å². The summed E-state index contributed by atoms with van der Waals surface area (Å²) in [5.74, 6) is 0.699. The van der Waals surface area contributed by atoms with E-state index in [0.717, 1.165) is 11.4 Å². The van der Waals surface area contributed by atoms with E-state index < -0.39 is 0 Å². The molecule has 22 heavy (non-hydrogen) atoms. The van der Waals surface area contributed by atoms with Crippen molar-refractivity contribution in [2.45, 2.75) is 6.10 Å². The Hall–Kier alpha value is -2.04. The zero-order valence-electron chi connectivity index (χ0n) is 11.9. The molecule has 1 fully saturated rings. The predicted octanol–water partition coefficient (Wildman–Crippen LogP) is 3.15. The molecule has 0 aromatic heterocycles. The molecule has 3 rings (SSSR count). The van der Waals surface area contributed by atoms with Crippen molar-refractivity contribution in [3.05, 3.63) is 59.6 Å². The van der Waals surface area contributed by atoms with Crippen LogP contribution in [-0.4, -0.2) is 31.8 Å². The van der Waals surface area contributed by atoms with E-state index in [1.807, 2.05) is 42.5 Å². The number of halogens is 1. The molecule has 0 spiro atoms. The Morgan fingerprint density at radius 1 is 1.14 bits per heavy atom. The smallest absolute Gasteiger partial charge is 0.253 e. The first-order valence-electron chi connectivity index (χ1n) is 7.08. The summed E-state index contributed by atoms with van der Waals surface area (Å²) in [5.41, 5.74) is 0.882. The normalized spacial score (nSPS) is 18.3. The van der Waals surface area contributed by atoms with Gasteiger partial charge in [0.2, 0.25) is 0 Å². The molecule has 2 aromatic carbocycles. The third kappa shape index (κ3) is 3.59. The minimum absolute atomic E-state index is 0.0334. The molecule has 0 bridgehead atoms. The zero-order chi connectivity index (χ0) is 15.4. The quantitative estimate of drug-likeness (QED) is 0.869. The minimum atomic E-state index is -0.159. The number of morpholine rings is 1. The monoisotopic (exact) mass is 317 g/mol. The van der Waals surface area contributed by atoms with Crippen LogP contribution in [0.2, 0.25) is 5.02 Å². The van der Waals surface area contributed by atoms with Gasteiger partial charge in [0.05, 0.1) is 6.54 Å². The summed E-state index contributed by atoms with van der Waals surface area (Å²) in [6.07, 6.45) is -0.159. The molecule has 114 valence electrons. The maximum Gasteiger partial charge on any atom is 0.253 e. The molecule has 0 radical (unpaired) electrons. The van der Waals surface area contributed by atoms with Gasteiger partial charge in [-0.1, -0.05) is 29.8 Å². The number of ether oxygens (including phenoxy) is 2. The first-order valence-corrected chi connectivity index (χ1v) is 7.45. The number of anilines is 1. The van der Waals surface area contributed by atoms with Crippen LogP contribution in [0.3, 0.4) is 0 Å². The molecule has 1 heterocycles. The van der Waals surface area contributed by atoms with E-state index in [-0.39, 0.29) is 18.6 Å². The van der Waals surface area contributed by atoms with Crippen LogP contribution >= 0.6 is 11.6 Å². The summed E-state index contributed by atoms with van der Waals surface area (Å²) in [4.78, 5) is 13.7. The van der Waals surface area contributed by atoms with Crippen LogP contribution in [0.4, 0.5) is 5.69 Å². The number of amides is 1. The second kappa shape index (κ2) is 6.81. The van der Waals surface area contributed by atoms with E-state index in [2.05, 4.69) is 0 Å². The molecule has 1 aliphatic rings. The number of nitrogens with zero attached hydrogens (tertiary/aromatic N) is 1. The van der Waals surface area contributed by atoms with E-state index in [1.54, 1.807) is 17.0 Å². The van der Waals surface area contributed by atoms with Crippen molar-refractivity contribution < 1.29 is 14.3 Å². The molecule has 2 aromatic rings. The van der Waals surface area contributed by atoms with Crippen LogP contribution in [0.1, 0.15) is 0 Å². The number of carbonyl (C=O) groups is 1. The second-order valence-electron chi connectivity index (χ2n) is 5.04. The van der Waals surface area contributed by atoms with Crippen LogP contribution in [0.15, 0.2) is 54.6 Å². The Bertz CT molecular complexity index is 630. The third-order valence-electron chi connectivity index (χ3n) is 3.45. The van der Waals surface area contributed by atoms with Crippen LogP contribution < -0.4 is 9.64 Å². The van der Waals surface area contributed by atoms with Gasteiger partial charge in [0.15, 0.2) is 0 Å². The molecule has 1 amide bonds. The molecule has 1 unspecified atom stereocenters. The predicted molar refractivity (Wildman–Crippen MR) is 85.5 cm³/mol. The van der Waals surface area contributed by atoms with Gasteiger partial charge >= 0.3 is 0 Å². The fraction of sp³-hybridized carbons (Fsp3) is 0.235. The van der Waals surface area contributed by atoms with Crippen LogP contribution in [0, 0.1) is 0 Å². The highest BCUT2D eigenvalue weighted by Crippen LogP contribution is 2.20. The molecular formula is C17H16ClNO3. The average molecular weight is 318 g/mol. The van der Waals surface area contributed by atoms with Gasteiger partial charge in [0.1, 0.15) is 25.1 Å². The molecule has 0 aliphatic carbocycles. The molecule has 5 heteroatoms. The zero-order valence-corrected chi connectivity index (χ0v) is 12.7. The lowest BCUT2D eigenvalue weighted by Gasteiger charge is -2.32. The summed E-state index contributed by atoms with van der Waals surface area (Å²) in [6, 6.07) is 16.8. The molecule has 4 nitrogen and oxygen atoms in total. The van der Waals surface area contributed by atoms with Crippen LogP contribution in [0.25, 0.3) is 0 Å². The van der Waals surface area contributed by atoms with Crippen LogP contribution in [-0.2, 0) is 9.53 Å². The Balaban J connectivity index is 1.61.